The number of benzene rings is 3. The third kappa shape index (κ3) is 5.66. The van der Waals surface area contributed by atoms with Crippen LogP contribution in [0.3, 0.4) is 0 Å². The number of hydrogen-bond acceptors (Lipinski definition) is 4. The summed E-state index contributed by atoms with van der Waals surface area (Å²) in [5.41, 5.74) is 4.27. The van der Waals surface area contributed by atoms with Crippen LogP contribution in [0.15, 0.2) is 85.2 Å². The first-order valence-electron chi connectivity index (χ1n) is 10.9. The Morgan fingerprint density at radius 1 is 0.743 bits per heavy atom. The fourth-order valence-corrected chi connectivity index (χ4v) is 3.83. The van der Waals surface area contributed by atoms with Gasteiger partial charge in [-0.1, -0.05) is 72.3 Å². The van der Waals surface area contributed by atoms with E-state index >= 15 is 0 Å². The maximum absolute atomic E-state index is 13.8. The van der Waals surface area contributed by atoms with Crippen LogP contribution in [0.2, 0.25) is 5.02 Å². The summed E-state index contributed by atoms with van der Waals surface area (Å²) in [6.45, 7) is 0.853. The van der Waals surface area contributed by atoms with Crippen molar-refractivity contribution >= 4 is 23.2 Å². The molecule has 0 aliphatic rings. The summed E-state index contributed by atoms with van der Waals surface area (Å²) >= 11 is 6.00. The van der Waals surface area contributed by atoms with E-state index in [1.165, 1.54) is 24.3 Å². The molecule has 7 heteroatoms. The Hall–Kier alpha value is -3.77. The molecule has 0 unspecified atom stereocenters. The predicted molar refractivity (Wildman–Crippen MR) is 131 cm³/mol. The Morgan fingerprint density at radius 2 is 1.17 bits per heavy atom. The van der Waals surface area contributed by atoms with Gasteiger partial charge in [0.2, 0.25) is 5.78 Å². The van der Waals surface area contributed by atoms with Crippen LogP contribution < -0.4 is 0 Å². The highest BCUT2D eigenvalue weighted by Gasteiger charge is 2.37. The largest absolute Gasteiger partial charge is 0.330 e. The van der Waals surface area contributed by atoms with E-state index < -0.39 is 11.7 Å². The van der Waals surface area contributed by atoms with Gasteiger partial charge in [-0.05, 0) is 23.3 Å². The topological polar surface area (TPSA) is 59.9 Å². The number of hydrogen-bond donors (Lipinski definition) is 0. The summed E-state index contributed by atoms with van der Waals surface area (Å²) in [6.07, 6.45) is 3.58. The molecule has 1 heterocycles. The van der Waals surface area contributed by atoms with E-state index in [0.717, 1.165) is 35.0 Å². The van der Waals surface area contributed by atoms with Gasteiger partial charge in [0.15, 0.2) is 0 Å². The summed E-state index contributed by atoms with van der Waals surface area (Å²) in [7, 11) is 0. The minimum Gasteiger partial charge on any atom is -0.299 e. The zero-order chi connectivity index (χ0) is 25.0. The van der Waals surface area contributed by atoms with Crippen molar-refractivity contribution in [1.29, 1.82) is 0 Å². The predicted octanol–water partition coefficient (Wildman–Crippen LogP) is 6.50. The quantitative estimate of drug-likeness (QED) is 0.283. The Bertz CT molecular complexity index is 1350. The Morgan fingerprint density at radius 3 is 1.63 bits per heavy atom. The van der Waals surface area contributed by atoms with Crippen LogP contribution in [0.25, 0.3) is 22.5 Å². The van der Waals surface area contributed by atoms with Gasteiger partial charge in [0.25, 0.3) is 0 Å². The number of alkyl halides is 2. The molecule has 3 aromatic carbocycles. The number of carbonyl (C=O) groups excluding carboxylic acids is 2. The summed E-state index contributed by atoms with van der Waals surface area (Å²) in [4.78, 5) is 32.7. The van der Waals surface area contributed by atoms with Crippen LogP contribution in [0.1, 0.15) is 23.6 Å². The number of Topliss-reactive ketones (excluding diaryl/α,β-unsaturated/α-hetero) is 2. The van der Waals surface area contributed by atoms with E-state index in [2.05, 4.69) is 9.97 Å². The molecule has 0 aliphatic carbocycles. The number of ketones is 2. The van der Waals surface area contributed by atoms with Crippen molar-refractivity contribution in [3.8, 4) is 22.5 Å². The normalized spacial score (nSPS) is 11.3. The maximum atomic E-state index is 13.8. The second-order valence-corrected chi connectivity index (χ2v) is 8.61. The van der Waals surface area contributed by atoms with E-state index in [9.17, 15) is 18.4 Å². The van der Waals surface area contributed by atoms with Gasteiger partial charge in [-0.15, -0.1) is 0 Å². The van der Waals surface area contributed by atoms with E-state index in [1.807, 2.05) is 36.4 Å². The molecule has 0 radical (unpaired) electrons. The molecule has 4 rings (SSSR count). The van der Waals surface area contributed by atoms with Crippen molar-refractivity contribution in [1.82, 2.24) is 9.97 Å². The van der Waals surface area contributed by atoms with Gasteiger partial charge in [-0.25, -0.2) is 0 Å². The summed E-state index contributed by atoms with van der Waals surface area (Å²) in [5.74, 6) is -4.79. The number of halogens is 3. The van der Waals surface area contributed by atoms with Crippen LogP contribution in [0, 0.1) is 0 Å². The van der Waals surface area contributed by atoms with Crippen LogP contribution in [0.4, 0.5) is 8.78 Å². The highest BCUT2D eigenvalue weighted by atomic mass is 35.5. The van der Waals surface area contributed by atoms with E-state index in [4.69, 9.17) is 11.6 Å². The number of rotatable bonds is 8. The molecular formula is C28H21ClF2N2O2. The molecule has 35 heavy (non-hydrogen) atoms. The van der Waals surface area contributed by atoms with Crippen LogP contribution in [-0.2, 0) is 28.4 Å². The summed E-state index contributed by atoms with van der Waals surface area (Å²) in [5, 5.41) is 0.637. The zero-order valence-electron chi connectivity index (χ0n) is 18.8. The van der Waals surface area contributed by atoms with Gasteiger partial charge in [0.1, 0.15) is 5.78 Å². The van der Waals surface area contributed by atoms with E-state index in [0.29, 0.717) is 10.6 Å². The van der Waals surface area contributed by atoms with Crippen molar-refractivity contribution in [2.24, 2.45) is 0 Å². The molecule has 0 amide bonds. The van der Waals surface area contributed by atoms with Crippen LogP contribution in [-0.4, -0.2) is 21.5 Å². The van der Waals surface area contributed by atoms with E-state index in [-0.39, 0.29) is 24.2 Å². The molecule has 176 valence electrons. The van der Waals surface area contributed by atoms with Crippen molar-refractivity contribution in [2.45, 2.75) is 25.7 Å². The van der Waals surface area contributed by atoms with E-state index in [1.54, 1.807) is 24.5 Å². The molecule has 4 nitrogen and oxygen atoms in total. The lowest BCUT2D eigenvalue weighted by atomic mass is 9.98. The van der Waals surface area contributed by atoms with Crippen molar-refractivity contribution in [2.75, 3.05) is 0 Å². The molecule has 0 aliphatic heterocycles. The monoisotopic (exact) mass is 490 g/mol. The smallest absolute Gasteiger partial charge is 0.299 e. The van der Waals surface area contributed by atoms with Crippen LogP contribution in [0.5, 0.6) is 0 Å². The molecule has 4 aromatic rings. The first-order valence-corrected chi connectivity index (χ1v) is 11.3. The third-order valence-electron chi connectivity index (χ3n) is 5.60. The Labute approximate surface area is 206 Å². The minimum atomic E-state index is -3.53. The number of aromatic nitrogens is 2. The number of carbonyl (C=O) groups is 2. The lowest BCUT2D eigenvalue weighted by molar-refractivity contribution is -0.141. The fourth-order valence-electron chi connectivity index (χ4n) is 3.70. The van der Waals surface area contributed by atoms with Gasteiger partial charge >= 0.3 is 5.92 Å². The molecular weight excluding hydrogens is 470 g/mol. The van der Waals surface area contributed by atoms with Crippen molar-refractivity contribution < 1.29 is 18.4 Å². The SMILES string of the molecule is CC(=O)C(F)(F)c1ccc(CC(=O)Cc2ccc(-c3nccnc3-c3ccc(Cl)cc3)cc2)cc1. The second kappa shape index (κ2) is 10.2. The van der Waals surface area contributed by atoms with Crippen LogP contribution >= 0.6 is 11.6 Å². The standard InChI is InChI=1S/C28H21ClF2N2O2/c1-18(34)28(30,31)23-10-4-20(5-11-23)17-25(35)16-19-2-6-21(7-3-19)26-27(33-15-14-32-26)22-8-12-24(29)13-9-22/h2-15H,16-17H2,1H3. The Kier molecular flexibility index (Phi) is 7.12. The lowest BCUT2D eigenvalue weighted by Gasteiger charge is -2.13. The third-order valence-corrected chi connectivity index (χ3v) is 5.86. The first-order chi connectivity index (χ1) is 16.7. The molecule has 0 atom stereocenters. The van der Waals surface area contributed by atoms with Gasteiger partial charge in [-0.3, -0.25) is 19.6 Å². The van der Waals surface area contributed by atoms with Gasteiger partial charge in [0.05, 0.1) is 11.4 Å². The molecule has 0 bridgehead atoms. The highest BCUT2D eigenvalue weighted by Crippen LogP contribution is 2.30. The molecule has 0 N–H and O–H groups in total. The maximum Gasteiger partial charge on any atom is 0.330 e. The summed E-state index contributed by atoms with van der Waals surface area (Å²) < 4.78 is 27.6. The molecule has 0 spiro atoms. The van der Waals surface area contributed by atoms with Crippen molar-refractivity contribution in [3.05, 3.63) is 107 Å². The van der Waals surface area contributed by atoms with Gasteiger partial charge in [-0.2, -0.15) is 8.78 Å². The minimum absolute atomic E-state index is 0.0508. The molecule has 0 saturated heterocycles. The lowest BCUT2D eigenvalue weighted by Crippen LogP contribution is -2.23. The second-order valence-electron chi connectivity index (χ2n) is 8.18. The van der Waals surface area contributed by atoms with Gasteiger partial charge in [0, 0.05) is 53.9 Å². The fraction of sp³-hybridized carbons (Fsp3) is 0.143. The highest BCUT2D eigenvalue weighted by molar-refractivity contribution is 6.30. The first kappa shape index (κ1) is 24.4. The molecule has 1 aromatic heterocycles. The molecule has 0 fully saturated rings. The average molecular weight is 491 g/mol. The van der Waals surface area contributed by atoms with Gasteiger partial charge < -0.3 is 0 Å². The Balaban J connectivity index is 1.45. The molecule has 0 saturated carbocycles. The summed E-state index contributed by atoms with van der Waals surface area (Å²) in [6, 6.07) is 20.2. The average Bonchev–Trinajstić information content (AvgIpc) is 2.85. The zero-order valence-corrected chi connectivity index (χ0v) is 19.6. The number of nitrogens with zero attached hydrogens (tertiary/aromatic N) is 2. The van der Waals surface area contributed by atoms with Crippen molar-refractivity contribution in [3.63, 3.8) is 0 Å².